The predicted octanol–water partition coefficient (Wildman–Crippen LogP) is 3.43. The van der Waals surface area contributed by atoms with Crippen molar-refractivity contribution >= 4 is 27.5 Å². The second-order valence-corrected chi connectivity index (χ2v) is 6.95. The molecule has 0 atom stereocenters. The Morgan fingerprint density at radius 2 is 2.14 bits per heavy atom. The number of carbonyl (C=O) groups is 1. The summed E-state index contributed by atoms with van der Waals surface area (Å²) in [6.45, 7) is 0.609. The van der Waals surface area contributed by atoms with Gasteiger partial charge in [0.15, 0.2) is 0 Å². The van der Waals surface area contributed by atoms with E-state index >= 15 is 0 Å². The summed E-state index contributed by atoms with van der Waals surface area (Å²) >= 11 is 1.71. The minimum absolute atomic E-state index is 0.0863. The van der Waals surface area contributed by atoms with Crippen molar-refractivity contribution in [3.63, 3.8) is 0 Å². The highest BCUT2D eigenvalue weighted by atomic mass is 32.1. The third kappa shape index (κ3) is 2.97. The molecule has 0 aliphatic heterocycles. The Kier molecular flexibility index (Phi) is 4.39. The fourth-order valence-electron chi connectivity index (χ4n) is 3.01. The maximum atomic E-state index is 12.2. The van der Waals surface area contributed by atoms with Gasteiger partial charge in [-0.3, -0.25) is 4.79 Å². The number of benzene rings is 1. The Bertz CT molecular complexity index is 677. The van der Waals surface area contributed by atoms with Gasteiger partial charge in [-0.2, -0.15) is 5.26 Å². The average molecular weight is 313 g/mol. The monoisotopic (exact) mass is 313 g/mol. The Labute approximate surface area is 134 Å². The minimum Gasteiger partial charge on any atom is -0.355 e. The molecule has 2 aromatic rings. The Balaban J connectivity index is 1.49. The van der Waals surface area contributed by atoms with Gasteiger partial charge in [-0.1, -0.05) is 25.0 Å². The lowest BCUT2D eigenvalue weighted by Gasteiger charge is -2.18. The molecule has 1 aromatic heterocycles. The van der Waals surface area contributed by atoms with Gasteiger partial charge in [-0.25, -0.2) is 4.98 Å². The number of nitriles is 1. The number of nitrogens with zero attached hydrogens (tertiary/aromatic N) is 2. The molecule has 1 aromatic carbocycles. The van der Waals surface area contributed by atoms with Gasteiger partial charge in [0.2, 0.25) is 5.91 Å². The van der Waals surface area contributed by atoms with Crippen LogP contribution in [0.25, 0.3) is 10.2 Å². The SMILES string of the molecule is N#CC1(C(=O)NCCCc2nc3ccccc3s2)CCCC1. The number of hydrogen-bond donors (Lipinski definition) is 1. The largest absolute Gasteiger partial charge is 0.355 e. The standard InChI is InChI=1S/C17H19N3OS/c18-12-17(9-3-4-10-17)16(21)19-11-5-8-15-20-13-6-1-2-7-14(13)22-15/h1-2,6-7H,3-5,8-11H2,(H,19,21). The van der Waals surface area contributed by atoms with Crippen molar-refractivity contribution in [2.45, 2.75) is 38.5 Å². The summed E-state index contributed by atoms with van der Waals surface area (Å²) < 4.78 is 1.20. The number of para-hydroxylation sites is 1. The number of aromatic nitrogens is 1. The molecule has 0 radical (unpaired) electrons. The van der Waals surface area contributed by atoms with Crippen molar-refractivity contribution in [2.75, 3.05) is 6.54 Å². The summed E-state index contributed by atoms with van der Waals surface area (Å²) in [4.78, 5) is 16.8. The van der Waals surface area contributed by atoms with E-state index in [1.165, 1.54) is 4.70 Å². The topological polar surface area (TPSA) is 65.8 Å². The lowest BCUT2D eigenvalue weighted by Crippen LogP contribution is -2.38. The zero-order chi connectivity index (χ0) is 15.4. The molecule has 1 heterocycles. The number of amides is 1. The van der Waals surface area contributed by atoms with Crippen molar-refractivity contribution < 1.29 is 4.79 Å². The molecular formula is C17H19N3OS. The Morgan fingerprint density at radius 1 is 1.36 bits per heavy atom. The van der Waals surface area contributed by atoms with E-state index in [1.54, 1.807) is 11.3 Å². The molecule has 0 saturated heterocycles. The predicted molar refractivity (Wildman–Crippen MR) is 87.5 cm³/mol. The number of rotatable bonds is 5. The van der Waals surface area contributed by atoms with E-state index in [2.05, 4.69) is 22.4 Å². The first kappa shape index (κ1) is 15.0. The van der Waals surface area contributed by atoms with Gasteiger partial charge in [0, 0.05) is 13.0 Å². The summed E-state index contributed by atoms with van der Waals surface area (Å²) in [5.74, 6) is -0.0863. The molecule has 0 unspecified atom stereocenters. The molecule has 3 rings (SSSR count). The Hall–Kier alpha value is -1.93. The molecule has 1 aliphatic carbocycles. The maximum Gasteiger partial charge on any atom is 0.240 e. The summed E-state index contributed by atoms with van der Waals surface area (Å²) in [6.07, 6.45) is 5.08. The molecule has 22 heavy (non-hydrogen) atoms. The van der Waals surface area contributed by atoms with Crippen LogP contribution in [0.3, 0.4) is 0 Å². The lowest BCUT2D eigenvalue weighted by atomic mass is 9.87. The van der Waals surface area contributed by atoms with Crippen molar-refractivity contribution in [3.05, 3.63) is 29.3 Å². The van der Waals surface area contributed by atoms with Crippen LogP contribution in [0.1, 0.15) is 37.1 Å². The molecule has 1 aliphatic rings. The molecule has 1 saturated carbocycles. The lowest BCUT2D eigenvalue weighted by molar-refractivity contribution is -0.127. The molecule has 0 bridgehead atoms. The fraction of sp³-hybridized carbons (Fsp3) is 0.471. The average Bonchev–Trinajstić information content (AvgIpc) is 3.18. The van der Waals surface area contributed by atoms with E-state index in [9.17, 15) is 10.1 Å². The highest BCUT2D eigenvalue weighted by molar-refractivity contribution is 7.18. The second-order valence-electron chi connectivity index (χ2n) is 5.84. The highest BCUT2D eigenvalue weighted by Crippen LogP contribution is 2.37. The number of hydrogen-bond acceptors (Lipinski definition) is 4. The fourth-order valence-corrected chi connectivity index (χ4v) is 4.01. The summed E-state index contributed by atoms with van der Waals surface area (Å²) in [5.41, 5.74) is 0.275. The number of carbonyl (C=O) groups excluding carboxylic acids is 1. The van der Waals surface area contributed by atoms with Crippen LogP contribution in [0.5, 0.6) is 0 Å². The van der Waals surface area contributed by atoms with Crippen molar-refractivity contribution in [1.29, 1.82) is 5.26 Å². The second kappa shape index (κ2) is 6.45. The zero-order valence-electron chi connectivity index (χ0n) is 12.5. The van der Waals surface area contributed by atoms with Crippen LogP contribution in [-0.4, -0.2) is 17.4 Å². The van der Waals surface area contributed by atoms with Gasteiger partial charge in [0.05, 0.1) is 21.3 Å². The zero-order valence-corrected chi connectivity index (χ0v) is 13.3. The van der Waals surface area contributed by atoms with Crippen LogP contribution in [0, 0.1) is 16.7 Å². The van der Waals surface area contributed by atoms with E-state index in [0.717, 1.165) is 36.2 Å². The van der Waals surface area contributed by atoms with Gasteiger partial charge in [0.25, 0.3) is 0 Å². The van der Waals surface area contributed by atoms with Gasteiger partial charge in [-0.15, -0.1) is 11.3 Å². The van der Waals surface area contributed by atoms with Crippen LogP contribution in [0.15, 0.2) is 24.3 Å². The molecular weight excluding hydrogens is 294 g/mol. The Morgan fingerprint density at radius 3 is 2.86 bits per heavy atom. The molecule has 1 fully saturated rings. The van der Waals surface area contributed by atoms with E-state index in [1.807, 2.05) is 18.2 Å². The van der Waals surface area contributed by atoms with Crippen molar-refractivity contribution in [2.24, 2.45) is 5.41 Å². The van der Waals surface area contributed by atoms with E-state index in [0.29, 0.717) is 19.4 Å². The first-order chi connectivity index (χ1) is 10.7. The van der Waals surface area contributed by atoms with Crippen molar-refractivity contribution in [3.8, 4) is 6.07 Å². The normalized spacial score (nSPS) is 16.5. The van der Waals surface area contributed by atoms with E-state index in [-0.39, 0.29) is 5.91 Å². The van der Waals surface area contributed by atoms with Crippen molar-refractivity contribution in [1.82, 2.24) is 10.3 Å². The molecule has 5 heteroatoms. The molecule has 114 valence electrons. The minimum atomic E-state index is -0.768. The van der Waals surface area contributed by atoms with Gasteiger partial charge < -0.3 is 5.32 Å². The summed E-state index contributed by atoms with van der Waals surface area (Å²) in [6, 6.07) is 10.3. The van der Waals surface area contributed by atoms with Crippen LogP contribution in [-0.2, 0) is 11.2 Å². The first-order valence-corrected chi connectivity index (χ1v) is 8.59. The molecule has 1 amide bonds. The number of aryl methyl sites for hydroxylation is 1. The van der Waals surface area contributed by atoms with Crippen LogP contribution < -0.4 is 5.32 Å². The van der Waals surface area contributed by atoms with Gasteiger partial charge >= 0.3 is 0 Å². The maximum absolute atomic E-state index is 12.2. The molecule has 4 nitrogen and oxygen atoms in total. The number of fused-ring (bicyclic) bond motifs is 1. The summed E-state index contributed by atoms with van der Waals surface area (Å²) in [7, 11) is 0. The molecule has 1 N–H and O–H groups in total. The van der Waals surface area contributed by atoms with E-state index < -0.39 is 5.41 Å². The number of nitrogens with one attached hydrogen (secondary N) is 1. The third-order valence-electron chi connectivity index (χ3n) is 4.30. The smallest absolute Gasteiger partial charge is 0.240 e. The van der Waals surface area contributed by atoms with Crippen LogP contribution in [0.4, 0.5) is 0 Å². The number of thiazole rings is 1. The van der Waals surface area contributed by atoms with E-state index in [4.69, 9.17) is 0 Å². The van der Waals surface area contributed by atoms with Gasteiger partial charge in [0.1, 0.15) is 5.41 Å². The summed E-state index contributed by atoms with van der Waals surface area (Å²) in [5, 5.41) is 13.3. The highest BCUT2D eigenvalue weighted by Gasteiger charge is 2.41. The quantitative estimate of drug-likeness (QED) is 0.860. The van der Waals surface area contributed by atoms with Crippen LogP contribution in [0.2, 0.25) is 0 Å². The first-order valence-electron chi connectivity index (χ1n) is 7.77. The third-order valence-corrected chi connectivity index (χ3v) is 5.39. The van der Waals surface area contributed by atoms with Crippen LogP contribution >= 0.6 is 11.3 Å². The van der Waals surface area contributed by atoms with Gasteiger partial charge in [-0.05, 0) is 31.4 Å². The molecule has 0 spiro atoms.